The molecule has 0 aliphatic carbocycles. The van der Waals surface area contributed by atoms with Crippen molar-refractivity contribution in [1.29, 1.82) is 0 Å². The lowest BCUT2D eigenvalue weighted by molar-refractivity contribution is -0.142. The number of hydrogen-bond donors (Lipinski definition) is 2. The smallest absolute Gasteiger partial charge is 0.240 e. The highest BCUT2D eigenvalue weighted by Gasteiger charge is 2.39. The summed E-state index contributed by atoms with van der Waals surface area (Å²) in [5.74, 6) is 0.0272. The van der Waals surface area contributed by atoms with Crippen molar-refractivity contribution in [2.24, 2.45) is 11.1 Å². The van der Waals surface area contributed by atoms with Gasteiger partial charge in [-0.15, -0.1) is 0 Å². The number of rotatable bonds is 12. The van der Waals surface area contributed by atoms with Crippen LogP contribution in [0.25, 0.3) is 0 Å². The fourth-order valence-corrected chi connectivity index (χ4v) is 2.49. The Labute approximate surface area is 148 Å². The molecule has 0 radical (unpaired) electrons. The van der Waals surface area contributed by atoms with E-state index in [-0.39, 0.29) is 17.0 Å². The molecule has 1 amide bonds. The molecule has 0 aromatic rings. The number of nitrogens with one attached hydrogen (secondary N) is 1. The summed E-state index contributed by atoms with van der Waals surface area (Å²) in [5.41, 5.74) is 7.59. The van der Waals surface area contributed by atoms with E-state index < -0.39 is 5.41 Å². The summed E-state index contributed by atoms with van der Waals surface area (Å²) in [4.78, 5) is 12.5. The number of carbonyl (C=O) groups excluding carboxylic acids is 1. The Balaban J connectivity index is 4.63. The first-order valence-electron chi connectivity index (χ1n) is 8.86. The lowest BCUT2D eigenvalue weighted by Gasteiger charge is -2.38. The van der Waals surface area contributed by atoms with E-state index in [1.165, 1.54) is 0 Å². The monoisotopic (exact) mass is 345 g/mol. The third kappa shape index (κ3) is 8.97. The van der Waals surface area contributed by atoms with E-state index in [1.807, 2.05) is 41.8 Å². The van der Waals surface area contributed by atoms with Gasteiger partial charge in [-0.2, -0.15) is 0 Å². The van der Waals surface area contributed by atoms with Gasteiger partial charge < -0.3 is 15.2 Å². The Morgan fingerprint density at radius 1 is 1.08 bits per heavy atom. The molecular weight excluding hydrogens is 306 g/mol. The molecule has 144 valence electrons. The lowest BCUT2D eigenvalue weighted by atomic mass is 9.75. The van der Waals surface area contributed by atoms with Crippen LogP contribution in [0.2, 0.25) is 0 Å². The molecule has 0 bridgehead atoms. The van der Waals surface area contributed by atoms with Crippen molar-refractivity contribution < 1.29 is 14.3 Å². The van der Waals surface area contributed by atoms with E-state index in [0.717, 1.165) is 12.8 Å². The summed E-state index contributed by atoms with van der Waals surface area (Å²) < 4.78 is 11.6. The van der Waals surface area contributed by atoms with Gasteiger partial charge in [-0.05, 0) is 40.0 Å². The molecule has 2 unspecified atom stereocenters. The zero-order valence-corrected chi connectivity index (χ0v) is 17.0. The van der Waals surface area contributed by atoms with Gasteiger partial charge in [0.1, 0.15) is 0 Å². The van der Waals surface area contributed by atoms with E-state index in [0.29, 0.717) is 26.2 Å². The molecule has 0 fully saturated rings. The van der Waals surface area contributed by atoms with Gasteiger partial charge in [-0.3, -0.25) is 10.2 Å². The molecule has 0 aromatic heterocycles. The highest BCUT2D eigenvalue weighted by Crippen LogP contribution is 2.36. The minimum atomic E-state index is -0.477. The number of carbonyl (C=O) groups is 1. The molecule has 0 aliphatic rings. The second-order valence-corrected chi connectivity index (χ2v) is 8.12. The SMILES string of the molecule is CCC(C)(CC(C)(CC)C(=O)NN(C)C)OCCOCC(C)(C)N. The Kier molecular flexibility index (Phi) is 9.43. The molecular formula is C18H39N3O3. The molecule has 3 N–H and O–H groups in total. The second kappa shape index (κ2) is 9.70. The van der Waals surface area contributed by atoms with Gasteiger partial charge in [0, 0.05) is 19.6 Å². The molecule has 0 aliphatic heterocycles. The van der Waals surface area contributed by atoms with Crippen molar-refractivity contribution in [3.05, 3.63) is 0 Å². The van der Waals surface area contributed by atoms with E-state index in [2.05, 4.69) is 19.3 Å². The van der Waals surface area contributed by atoms with E-state index >= 15 is 0 Å². The maximum absolute atomic E-state index is 12.5. The van der Waals surface area contributed by atoms with Crippen molar-refractivity contribution in [3.63, 3.8) is 0 Å². The molecule has 6 heteroatoms. The number of amides is 1. The Bertz CT molecular complexity index is 382. The number of nitrogens with two attached hydrogens (primary N) is 1. The van der Waals surface area contributed by atoms with Crippen molar-refractivity contribution in [2.75, 3.05) is 33.9 Å². The average molecular weight is 346 g/mol. The molecule has 24 heavy (non-hydrogen) atoms. The third-order valence-corrected chi connectivity index (χ3v) is 4.32. The van der Waals surface area contributed by atoms with Gasteiger partial charge in [0.15, 0.2) is 0 Å². The molecule has 2 atom stereocenters. The van der Waals surface area contributed by atoms with Gasteiger partial charge in [-0.1, -0.05) is 20.8 Å². The van der Waals surface area contributed by atoms with E-state index in [9.17, 15) is 4.79 Å². The first-order chi connectivity index (χ1) is 10.9. The molecule has 0 saturated heterocycles. The van der Waals surface area contributed by atoms with Gasteiger partial charge in [0.25, 0.3) is 0 Å². The van der Waals surface area contributed by atoms with Crippen LogP contribution in [0.15, 0.2) is 0 Å². The van der Waals surface area contributed by atoms with E-state index in [1.54, 1.807) is 5.01 Å². The minimum Gasteiger partial charge on any atom is -0.377 e. The van der Waals surface area contributed by atoms with E-state index in [4.69, 9.17) is 15.2 Å². The summed E-state index contributed by atoms with van der Waals surface area (Å²) in [5, 5.41) is 1.68. The van der Waals surface area contributed by atoms with Crippen LogP contribution in [0, 0.1) is 5.41 Å². The topological polar surface area (TPSA) is 76.8 Å². The molecule has 6 nitrogen and oxygen atoms in total. The number of hydrazine groups is 1. The van der Waals surface area contributed by atoms with Crippen LogP contribution in [0.5, 0.6) is 0 Å². The van der Waals surface area contributed by atoms with Crippen LogP contribution in [-0.2, 0) is 14.3 Å². The zero-order chi connectivity index (χ0) is 19.0. The van der Waals surface area contributed by atoms with Crippen molar-refractivity contribution >= 4 is 5.91 Å². The number of hydrogen-bond acceptors (Lipinski definition) is 5. The third-order valence-electron chi connectivity index (χ3n) is 4.32. The molecule has 0 heterocycles. The van der Waals surface area contributed by atoms with Crippen LogP contribution < -0.4 is 11.2 Å². The molecule has 0 aromatic carbocycles. The van der Waals surface area contributed by atoms with Crippen molar-refractivity contribution in [2.45, 2.75) is 71.9 Å². The van der Waals surface area contributed by atoms with Crippen molar-refractivity contribution in [1.82, 2.24) is 10.4 Å². The maximum atomic E-state index is 12.5. The van der Waals surface area contributed by atoms with Crippen LogP contribution in [0.4, 0.5) is 0 Å². The van der Waals surface area contributed by atoms with Crippen LogP contribution in [-0.4, -0.2) is 56.0 Å². The van der Waals surface area contributed by atoms with Crippen LogP contribution >= 0.6 is 0 Å². The molecule has 0 rings (SSSR count). The van der Waals surface area contributed by atoms with Gasteiger partial charge in [0.05, 0.1) is 30.8 Å². The van der Waals surface area contributed by atoms with Gasteiger partial charge in [-0.25, -0.2) is 5.01 Å². The largest absolute Gasteiger partial charge is 0.377 e. The number of ether oxygens (including phenoxy) is 2. The first kappa shape index (κ1) is 23.3. The van der Waals surface area contributed by atoms with Gasteiger partial charge in [0.2, 0.25) is 5.91 Å². The standard InChI is InChI=1S/C18H39N3O3/c1-9-17(5,15(22)20-21(7)8)13-18(6,10-2)24-12-11-23-14-16(3,4)19/h9-14,19H2,1-8H3,(H,20,22). The van der Waals surface area contributed by atoms with Crippen molar-refractivity contribution in [3.8, 4) is 0 Å². The predicted octanol–water partition coefficient (Wildman–Crippen LogP) is 2.32. The highest BCUT2D eigenvalue weighted by molar-refractivity contribution is 5.81. The fourth-order valence-electron chi connectivity index (χ4n) is 2.49. The highest BCUT2D eigenvalue weighted by atomic mass is 16.5. The quantitative estimate of drug-likeness (QED) is 0.419. The Hall–Kier alpha value is -0.690. The summed E-state index contributed by atoms with van der Waals surface area (Å²) in [6.07, 6.45) is 2.25. The normalized spacial score (nSPS) is 17.4. The molecule has 0 spiro atoms. The average Bonchev–Trinajstić information content (AvgIpc) is 2.44. The van der Waals surface area contributed by atoms with Crippen LogP contribution in [0.3, 0.4) is 0 Å². The summed E-state index contributed by atoms with van der Waals surface area (Å²) in [6, 6.07) is 0. The van der Waals surface area contributed by atoms with Crippen LogP contribution in [0.1, 0.15) is 60.8 Å². The lowest BCUT2D eigenvalue weighted by Crippen LogP contribution is -2.48. The summed E-state index contributed by atoms with van der Waals surface area (Å²) in [6.45, 7) is 13.5. The Morgan fingerprint density at radius 2 is 1.67 bits per heavy atom. The molecule has 0 saturated carbocycles. The number of nitrogens with zero attached hydrogens (tertiary/aromatic N) is 1. The second-order valence-electron chi connectivity index (χ2n) is 8.12. The fraction of sp³-hybridized carbons (Fsp3) is 0.944. The summed E-state index contributed by atoms with van der Waals surface area (Å²) in [7, 11) is 3.64. The maximum Gasteiger partial charge on any atom is 0.240 e. The Morgan fingerprint density at radius 3 is 2.08 bits per heavy atom. The minimum absolute atomic E-state index is 0.0272. The predicted molar refractivity (Wildman–Crippen MR) is 98.6 cm³/mol. The summed E-state index contributed by atoms with van der Waals surface area (Å²) >= 11 is 0. The van der Waals surface area contributed by atoms with Gasteiger partial charge >= 0.3 is 0 Å². The first-order valence-corrected chi connectivity index (χ1v) is 8.86. The zero-order valence-electron chi connectivity index (χ0n) is 17.0.